The fraction of sp³-hybridized carbons (Fsp3) is 0.500. The van der Waals surface area contributed by atoms with Crippen molar-refractivity contribution in [1.82, 2.24) is 15.4 Å². The maximum atomic E-state index is 12.4. The van der Waals surface area contributed by atoms with Crippen LogP contribution in [0.15, 0.2) is 27.5 Å². The number of nitrogens with one attached hydrogen (secondary N) is 1. The molecule has 1 aliphatic heterocycles. The van der Waals surface area contributed by atoms with Crippen molar-refractivity contribution in [3.63, 3.8) is 0 Å². The molecule has 6 nitrogen and oxygen atoms in total. The van der Waals surface area contributed by atoms with Crippen molar-refractivity contribution in [2.75, 3.05) is 31.1 Å². The van der Waals surface area contributed by atoms with Crippen molar-refractivity contribution in [2.45, 2.75) is 19.9 Å². The van der Waals surface area contributed by atoms with Crippen LogP contribution in [0.5, 0.6) is 0 Å². The maximum absolute atomic E-state index is 12.4. The molecule has 0 aromatic carbocycles. The summed E-state index contributed by atoms with van der Waals surface area (Å²) in [5, 5.41) is 6.86. The van der Waals surface area contributed by atoms with E-state index in [1.54, 1.807) is 26.4 Å². The summed E-state index contributed by atoms with van der Waals surface area (Å²) >= 11 is 1.97. The number of aromatic nitrogens is 1. The number of amides is 1. The number of furan rings is 1. The Morgan fingerprint density at radius 3 is 2.83 bits per heavy atom. The fourth-order valence-corrected chi connectivity index (χ4v) is 3.83. The van der Waals surface area contributed by atoms with Crippen molar-refractivity contribution in [3.05, 3.63) is 41.2 Å². The van der Waals surface area contributed by atoms with E-state index in [2.05, 4.69) is 15.4 Å². The molecule has 0 aliphatic carbocycles. The number of hydrogen-bond donors (Lipinski definition) is 1. The van der Waals surface area contributed by atoms with Crippen LogP contribution in [0.25, 0.3) is 0 Å². The largest absolute Gasteiger partial charge is 0.472 e. The van der Waals surface area contributed by atoms with Gasteiger partial charge in [0.1, 0.15) is 11.3 Å². The third kappa shape index (κ3) is 3.61. The lowest BCUT2D eigenvalue weighted by Gasteiger charge is -2.33. The Kier molecular flexibility index (Phi) is 5.07. The molecule has 23 heavy (non-hydrogen) atoms. The minimum absolute atomic E-state index is 0.124. The third-order valence-electron chi connectivity index (χ3n) is 4.13. The van der Waals surface area contributed by atoms with Crippen LogP contribution in [0.3, 0.4) is 0 Å². The van der Waals surface area contributed by atoms with Crippen molar-refractivity contribution >= 4 is 17.7 Å². The van der Waals surface area contributed by atoms with Crippen molar-refractivity contribution in [1.29, 1.82) is 0 Å². The van der Waals surface area contributed by atoms with E-state index in [1.165, 1.54) is 0 Å². The van der Waals surface area contributed by atoms with Crippen LogP contribution in [0.2, 0.25) is 0 Å². The molecule has 0 bridgehead atoms. The van der Waals surface area contributed by atoms with Crippen LogP contribution in [0.4, 0.5) is 0 Å². The molecule has 2 aromatic heterocycles. The molecule has 0 saturated carbocycles. The smallest absolute Gasteiger partial charge is 0.256 e. The molecule has 3 rings (SSSR count). The van der Waals surface area contributed by atoms with E-state index in [9.17, 15) is 4.79 Å². The van der Waals surface area contributed by atoms with E-state index in [0.29, 0.717) is 23.6 Å². The summed E-state index contributed by atoms with van der Waals surface area (Å²) in [4.78, 5) is 14.8. The molecule has 1 fully saturated rings. The Morgan fingerprint density at radius 1 is 1.43 bits per heavy atom. The SMILES string of the molecule is Cc1noc(C)c1C(=O)NCC(c1ccoc1)N1CCSCC1. The van der Waals surface area contributed by atoms with Gasteiger partial charge in [0.2, 0.25) is 0 Å². The van der Waals surface area contributed by atoms with E-state index < -0.39 is 0 Å². The monoisotopic (exact) mass is 335 g/mol. The van der Waals surface area contributed by atoms with Crippen LogP contribution >= 0.6 is 11.8 Å². The number of rotatable bonds is 5. The van der Waals surface area contributed by atoms with Crippen molar-refractivity contribution < 1.29 is 13.7 Å². The van der Waals surface area contributed by atoms with E-state index in [4.69, 9.17) is 8.94 Å². The molecule has 1 N–H and O–H groups in total. The number of aryl methyl sites for hydroxylation is 2. The van der Waals surface area contributed by atoms with E-state index >= 15 is 0 Å². The highest BCUT2D eigenvalue weighted by molar-refractivity contribution is 7.99. The zero-order valence-electron chi connectivity index (χ0n) is 13.4. The van der Waals surface area contributed by atoms with E-state index in [0.717, 1.165) is 30.2 Å². The summed E-state index contributed by atoms with van der Waals surface area (Å²) in [6.45, 7) is 6.10. The van der Waals surface area contributed by atoms with Crippen LogP contribution in [-0.2, 0) is 0 Å². The van der Waals surface area contributed by atoms with E-state index in [1.807, 2.05) is 17.8 Å². The van der Waals surface area contributed by atoms with Gasteiger partial charge < -0.3 is 14.3 Å². The van der Waals surface area contributed by atoms with Gasteiger partial charge in [-0.15, -0.1) is 0 Å². The summed E-state index contributed by atoms with van der Waals surface area (Å²) in [7, 11) is 0. The number of nitrogens with zero attached hydrogens (tertiary/aromatic N) is 2. The van der Waals surface area contributed by atoms with Crippen molar-refractivity contribution in [3.8, 4) is 0 Å². The van der Waals surface area contributed by atoms with Gasteiger partial charge in [-0.2, -0.15) is 11.8 Å². The average molecular weight is 335 g/mol. The molecule has 7 heteroatoms. The lowest BCUT2D eigenvalue weighted by Crippen LogP contribution is -2.42. The molecule has 1 atom stereocenters. The molecule has 2 aromatic rings. The third-order valence-corrected chi connectivity index (χ3v) is 5.07. The molecule has 1 aliphatic rings. The molecule has 1 saturated heterocycles. The van der Waals surface area contributed by atoms with Gasteiger partial charge in [-0.25, -0.2) is 0 Å². The first-order chi connectivity index (χ1) is 11.2. The Labute approximate surface area is 139 Å². The van der Waals surface area contributed by atoms with Gasteiger partial charge in [0.25, 0.3) is 5.91 Å². The van der Waals surface area contributed by atoms with Gasteiger partial charge in [0, 0.05) is 36.7 Å². The van der Waals surface area contributed by atoms with E-state index in [-0.39, 0.29) is 11.9 Å². The average Bonchev–Trinajstić information content (AvgIpc) is 3.19. The second-order valence-corrected chi connectivity index (χ2v) is 6.85. The molecule has 0 radical (unpaired) electrons. The topological polar surface area (TPSA) is 71.5 Å². The van der Waals surface area contributed by atoms with Crippen LogP contribution in [0.1, 0.15) is 33.4 Å². The van der Waals surface area contributed by atoms with Crippen LogP contribution in [0, 0.1) is 13.8 Å². The van der Waals surface area contributed by atoms with Crippen molar-refractivity contribution in [2.24, 2.45) is 0 Å². The lowest BCUT2D eigenvalue weighted by atomic mass is 10.1. The highest BCUT2D eigenvalue weighted by Crippen LogP contribution is 2.24. The number of thioether (sulfide) groups is 1. The zero-order chi connectivity index (χ0) is 16.2. The Hall–Kier alpha value is -1.73. The van der Waals surface area contributed by atoms with Gasteiger partial charge in [0.05, 0.1) is 24.3 Å². The second kappa shape index (κ2) is 7.23. The normalized spacial score (nSPS) is 17.1. The number of carbonyl (C=O) groups is 1. The summed E-state index contributed by atoms with van der Waals surface area (Å²) in [5.41, 5.74) is 2.25. The predicted molar refractivity (Wildman–Crippen MR) is 88.7 cm³/mol. The van der Waals surface area contributed by atoms with Gasteiger partial charge in [-0.05, 0) is 19.9 Å². The molecular weight excluding hydrogens is 314 g/mol. The standard InChI is InChI=1S/C16H21N3O3S/c1-11-15(12(2)22-18-11)16(20)17-9-14(13-3-6-21-10-13)19-4-7-23-8-5-19/h3,6,10,14H,4-5,7-9H2,1-2H3,(H,17,20). The number of carbonyl (C=O) groups excluding carboxylic acids is 1. The molecule has 1 amide bonds. The number of hydrogen-bond acceptors (Lipinski definition) is 6. The summed E-state index contributed by atoms with van der Waals surface area (Å²) < 4.78 is 10.3. The lowest BCUT2D eigenvalue weighted by molar-refractivity contribution is 0.0932. The summed E-state index contributed by atoms with van der Waals surface area (Å²) in [6.07, 6.45) is 3.44. The van der Waals surface area contributed by atoms with Crippen LogP contribution in [-0.4, -0.2) is 47.1 Å². The maximum Gasteiger partial charge on any atom is 0.256 e. The molecule has 3 heterocycles. The molecule has 1 unspecified atom stereocenters. The quantitative estimate of drug-likeness (QED) is 0.905. The van der Waals surface area contributed by atoms with Gasteiger partial charge in [-0.3, -0.25) is 9.69 Å². The first kappa shape index (κ1) is 16.1. The molecular formula is C16H21N3O3S. The minimum Gasteiger partial charge on any atom is -0.472 e. The second-order valence-electron chi connectivity index (χ2n) is 5.63. The highest BCUT2D eigenvalue weighted by atomic mass is 32.2. The molecule has 0 spiro atoms. The van der Waals surface area contributed by atoms with Crippen LogP contribution < -0.4 is 5.32 Å². The van der Waals surface area contributed by atoms with Gasteiger partial charge in [-0.1, -0.05) is 5.16 Å². The fourth-order valence-electron chi connectivity index (χ4n) is 2.90. The zero-order valence-corrected chi connectivity index (χ0v) is 14.2. The summed E-state index contributed by atoms with van der Waals surface area (Å²) in [6, 6.07) is 2.09. The highest BCUT2D eigenvalue weighted by Gasteiger charge is 2.25. The van der Waals surface area contributed by atoms with Gasteiger partial charge >= 0.3 is 0 Å². The molecule has 124 valence electrons. The predicted octanol–water partition coefficient (Wildman–Crippen LogP) is 2.40. The first-order valence-corrected chi connectivity index (χ1v) is 8.87. The Bertz CT molecular complexity index is 628. The first-order valence-electron chi connectivity index (χ1n) is 7.71. The van der Waals surface area contributed by atoms with Gasteiger partial charge in [0.15, 0.2) is 0 Å². The summed E-state index contributed by atoms with van der Waals surface area (Å²) in [5.74, 6) is 2.65. The Balaban J connectivity index is 1.70. The minimum atomic E-state index is -0.138. The Morgan fingerprint density at radius 2 is 2.22 bits per heavy atom.